The summed E-state index contributed by atoms with van der Waals surface area (Å²) in [6.45, 7) is 1.49. The Balaban J connectivity index is 2.82. The van der Waals surface area contributed by atoms with E-state index < -0.39 is 4.92 Å². The zero-order valence-corrected chi connectivity index (χ0v) is 11.6. The highest BCUT2D eigenvalue weighted by Crippen LogP contribution is 2.33. The van der Waals surface area contributed by atoms with E-state index in [0.717, 1.165) is 0 Å². The molecular formula is C8H6BrClN6O2. The van der Waals surface area contributed by atoms with E-state index in [1.807, 2.05) is 0 Å². The lowest BCUT2D eigenvalue weighted by Gasteiger charge is -2.04. The summed E-state index contributed by atoms with van der Waals surface area (Å²) in [5.41, 5.74) is 0.416. The van der Waals surface area contributed by atoms with Crippen LogP contribution in [0.5, 0.6) is 0 Å². The summed E-state index contributed by atoms with van der Waals surface area (Å²) in [5, 5.41) is 18.5. The number of hydrogen-bond donors (Lipinski definition) is 0. The normalized spacial score (nSPS) is 10.7. The Morgan fingerprint density at radius 3 is 2.61 bits per heavy atom. The number of rotatable bonds is 2. The van der Waals surface area contributed by atoms with Crippen LogP contribution in [0.2, 0.25) is 5.28 Å². The molecule has 0 radical (unpaired) electrons. The second kappa shape index (κ2) is 4.58. The molecule has 0 saturated heterocycles. The van der Waals surface area contributed by atoms with Crippen molar-refractivity contribution in [2.75, 3.05) is 0 Å². The Hall–Kier alpha value is -1.61. The lowest BCUT2D eigenvalue weighted by atomic mass is 10.2. The lowest BCUT2D eigenvalue weighted by molar-refractivity contribution is -0.385. The predicted molar refractivity (Wildman–Crippen MR) is 66.1 cm³/mol. The van der Waals surface area contributed by atoms with E-state index in [2.05, 4.69) is 36.2 Å². The fourth-order valence-electron chi connectivity index (χ4n) is 1.50. The van der Waals surface area contributed by atoms with Gasteiger partial charge in [0.05, 0.1) is 4.92 Å². The Morgan fingerprint density at radius 1 is 1.44 bits per heavy atom. The molecule has 0 aromatic carbocycles. The molecule has 0 atom stereocenters. The van der Waals surface area contributed by atoms with Gasteiger partial charge in [-0.1, -0.05) is 5.21 Å². The van der Waals surface area contributed by atoms with Crippen molar-refractivity contribution < 1.29 is 4.92 Å². The zero-order valence-electron chi connectivity index (χ0n) is 9.26. The van der Waals surface area contributed by atoms with E-state index in [9.17, 15) is 10.1 Å². The molecular weight excluding hydrogens is 327 g/mol. The van der Waals surface area contributed by atoms with Crippen LogP contribution < -0.4 is 0 Å². The summed E-state index contributed by atoms with van der Waals surface area (Å²) < 4.78 is 1.72. The number of nitrogens with zero attached hydrogens (tertiary/aromatic N) is 6. The Morgan fingerprint density at radius 2 is 2.11 bits per heavy atom. The third kappa shape index (κ3) is 2.06. The molecule has 0 aliphatic rings. The van der Waals surface area contributed by atoms with E-state index in [-0.39, 0.29) is 22.4 Å². The van der Waals surface area contributed by atoms with Crippen LogP contribution in [0.4, 0.5) is 5.69 Å². The van der Waals surface area contributed by atoms with Gasteiger partial charge in [-0.05, 0) is 34.5 Å². The van der Waals surface area contributed by atoms with Crippen molar-refractivity contribution in [3.05, 3.63) is 25.7 Å². The molecule has 8 nitrogen and oxygen atoms in total. The van der Waals surface area contributed by atoms with E-state index in [0.29, 0.717) is 10.3 Å². The minimum Gasteiger partial charge on any atom is -0.258 e. The summed E-state index contributed by atoms with van der Waals surface area (Å²) in [5.74, 6) is 0. The van der Waals surface area contributed by atoms with Crippen LogP contribution in [-0.2, 0) is 7.05 Å². The second-order valence-corrected chi connectivity index (χ2v) is 4.47. The van der Waals surface area contributed by atoms with Crippen LogP contribution >= 0.6 is 27.5 Å². The van der Waals surface area contributed by atoms with E-state index in [1.165, 1.54) is 11.6 Å². The van der Waals surface area contributed by atoms with Crippen molar-refractivity contribution in [1.82, 2.24) is 25.0 Å². The molecule has 10 heteroatoms. The van der Waals surface area contributed by atoms with Crippen LogP contribution in [-0.4, -0.2) is 29.9 Å². The molecule has 0 aliphatic carbocycles. The first-order valence-corrected chi connectivity index (χ1v) is 5.83. The molecule has 2 aromatic heterocycles. The van der Waals surface area contributed by atoms with Crippen molar-refractivity contribution >= 4 is 33.2 Å². The van der Waals surface area contributed by atoms with Gasteiger partial charge in [-0.3, -0.25) is 10.1 Å². The van der Waals surface area contributed by atoms with Gasteiger partial charge in [0.15, 0.2) is 10.3 Å². The topological polar surface area (TPSA) is 99.6 Å². The van der Waals surface area contributed by atoms with Gasteiger partial charge in [0.1, 0.15) is 11.4 Å². The number of nitro groups is 1. The van der Waals surface area contributed by atoms with Gasteiger partial charge in [0, 0.05) is 7.05 Å². The molecule has 2 aromatic rings. The summed E-state index contributed by atoms with van der Waals surface area (Å²) in [7, 11) is 1.60. The quantitative estimate of drug-likeness (QED) is 0.473. The van der Waals surface area contributed by atoms with Gasteiger partial charge in [0.25, 0.3) is 0 Å². The van der Waals surface area contributed by atoms with Crippen LogP contribution in [0, 0.1) is 17.0 Å². The lowest BCUT2D eigenvalue weighted by Crippen LogP contribution is -2.04. The molecule has 2 heterocycles. The molecule has 0 N–H and O–H groups in total. The van der Waals surface area contributed by atoms with Crippen LogP contribution in [0.15, 0.2) is 4.60 Å². The Kier molecular flexibility index (Phi) is 3.26. The maximum Gasteiger partial charge on any atom is 0.318 e. The van der Waals surface area contributed by atoms with Gasteiger partial charge >= 0.3 is 5.69 Å². The summed E-state index contributed by atoms with van der Waals surface area (Å²) in [6.07, 6.45) is 0. The smallest absolute Gasteiger partial charge is 0.258 e. The van der Waals surface area contributed by atoms with E-state index in [4.69, 9.17) is 11.6 Å². The minimum absolute atomic E-state index is 0.0683. The van der Waals surface area contributed by atoms with Crippen molar-refractivity contribution in [2.45, 2.75) is 6.92 Å². The molecule has 0 fully saturated rings. The van der Waals surface area contributed by atoms with E-state index >= 15 is 0 Å². The fraction of sp³-hybridized carbons (Fsp3) is 0.250. The molecule has 0 bridgehead atoms. The average molecular weight is 334 g/mol. The highest BCUT2D eigenvalue weighted by atomic mass is 79.9. The minimum atomic E-state index is -0.555. The third-order valence-corrected chi connectivity index (χ3v) is 2.93. The van der Waals surface area contributed by atoms with Gasteiger partial charge in [-0.25, -0.2) is 14.6 Å². The molecule has 0 saturated carbocycles. The second-order valence-electron chi connectivity index (χ2n) is 3.38. The fourth-order valence-corrected chi connectivity index (χ4v) is 2.23. The first-order chi connectivity index (χ1) is 8.41. The first-order valence-electron chi connectivity index (χ1n) is 4.66. The number of hydrogen-bond acceptors (Lipinski definition) is 6. The van der Waals surface area contributed by atoms with Crippen molar-refractivity contribution in [1.29, 1.82) is 0 Å². The van der Waals surface area contributed by atoms with E-state index in [1.54, 1.807) is 7.05 Å². The van der Waals surface area contributed by atoms with Gasteiger partial charge in [-0.15, -0.1) is 5.10 Å². The summed E-state index contributed by atoms with van der Waals surface area (Å²) >= 11 is 8.90. The average Bonchev–Trinajstić information content (AvgIpc) is 2.56. The summed E-state index contributed by atoms with van der Waals surface area (Å²) in [6, 6.07) is 0. The molecule has 0 amide bonds. The Bertz CT molecular complexity index is 623. The number of aryl methyl sites for hydroxylation is 2. The number of aromatic nitrogens is 5. The molecule has 18 heavy (non-hydrogen) atoms. The predicted octanol–water partition coefficient (Wildman–Crippen LogP) is 1.90. The SMILES string of the molecule is Cc1nc(Cl)nc(-c2c(Br)nnn2C)c1[N+](=O)[O-]. The molecule has 0 aliphatic heterocycles. The molecule has 0 spiro atoms. The van der Waals surface area contributed by atoms with Gasteiger partial charge < -0.3 is 0 Å². The van der Waals surface area contributed by atoms with Gasteiger partial charge in [-0.2, -0.15) is 0 Å². The van der Waals surface area contributed by atoms with Crippen LogP contribution in [0.1, 0.15) is 5.69 Å². The van der Waals surface area contributed by atoms with Crippen LogP contribution in [0.3, 0.4) is 0 Å². The van der Waals surface area contributed by atoms with Crippen LogP contribution in [0.25, 0.3) is 11.4 Å². The largest absolute Gasteiger partial charge is 0.318 e. The van der Waals surface area contributed by atoms with Gasteiger partial charge in [0.2, 0.25) is 5.28 Å². The molecule has 94 valence electrons. The zero-order chi connectivity index (χ0) is 13.4. The monoisotopic (exact) mass is 332 g/mol. The third-order valence-electron chi connectivity index (χ3n) is 2.22. The van der Waals surface area contributed by atoms with Crippen molar-refractivity contribution in [3.8, 4) is 11.4 Å². The molecule has 2 rings (SSSR count). The van der Waals surface area contributed by atoms with Crippen molar-refractivity contribution in [3.63, 3.8) is 0 Å². The Labute approximate surface area is 114 Å². The maximum atomic E-state index is 11.1. The molecule has 0 unspecified atom stereocenters. The first kappa shape index (κ1) is 12.8. The highest BCUT2D eigenvalue weighted by Gasteiger charge is 2.27. The maximum absolute atomic E-state index is 11.1. The standard InChI is InChI=1S/C8H6BrClN6O2/c1-3-5(16(17)18)4(12-8(10)11-3)6-7(9)13-14-15(6)2/h1-2H3. The van der Waals surface area contributed by atoms with Crippen molar-refractivity contribution in [2.24, 2.45) is 7.05 Å². The summed E-state index contributed by atoms with van der Waals surface area (Å²) in [4.78, 5) is 18.2. The number of halogens is 2. The highest BCUT2D eigenvalue weighted by molar-refractivity contribution is 9.10.